The van der Waals surface area contributed by atoms with Crippen LogP contribution in [-0.4, -0.2) is 0 Å². The van der Waals surface area contributed by atoms with Gasteiger partial charge in [0.15, 0.2) is 0 Å². The molecule has 1 aromatic carbocycles. The van der Waals surface area contributed by atoms with Gasteiger partial charge in [0, 0.05) is 0 Å². The minimum atomic E-state index is 1.23. The van der Waals surface area contributed by atoms with Crippen molar-refractivity contribution >= 4 is 6.08 Å². The maximum Gasteiger partial charge on any atom is -0.0233 e. The van der Waals surface area contributed by atoms with Gasteiger partial charge in [-0.05, 0) is 36.5 Å². The minimum Gasteiger partial charge on any atom is -0.0985 e. The average Bonchev–Trinajstić information content (AvgIpc) is 2.34. The third-order valence-electron chi connectivity index (χ3n) is 3.37. The number of hydrogen-bond donors (Lipinski definition) is 0. The average molecular weight is 230 g/mol. The monoisotopic (exact) mass is 230 g/mol. The Morgan fingerprint density at radius 3 is 2.41 bits per heavy atom. The predicted molar refractivity (Wildman–Crippen MR) is 78.4 cm³/mol. The largest absolute Gasteiger partial charge is 0.0985 e. The lowest BCUT2D eigenvalue weighted by Gasteiger charge is -2.05. The van der Waals surface area contributed by atoms with Crippen molar-refractivity contribution in [1.82, 2.24) is 0 Å². The molecule has 0 bridgehead atoms. The first-order chi connectivity index (χ1) is 8.27. The molecule has 0 spiro atoms. The minimum absolute atomic E-state index is 1.23. The van der Waals surface area contributed by atoms with E-state index >= 15 is 0 Å². The van der Waals surface area contributed by atoms with E-state index in [2.05, 4.69) is 38.6 Å². The maximum atomic E-state index is 3.83. The second-order valence-corrected chi connectivity index (χ2v) is 4.91. The molecular weight excluding hydrogens is 204 g/mol. The van der Waals surface area contributed by atoms with Gasteiger partial charge in [-0.25, -0.2) is 0 Å². The first-order valence-electron chi connectivity index (χ1n) is 7.00. The summed E-state index contributed by atoms with van der Waals surface area (Å²) in [6, 6.07) is 6.74. The lowest BCUT2D eigenvalue weighted by Crippen LogP contribution is -1.89. The molecule has 0 nitrogen and oxygen atoms in total. The zero-order valence-electron chi connectivity index (χ0n) is 11.5. The van der Waals surface area contributed by atoms with Crippen LogP contribution in [0.3, 0.4) is 0 Å². The summed E-state index contributed by atoms with van der Waals surface area (Å²) in [6.07, 6.45) is 11.4. The van der Waals surface area contributed by atoms with E-state index in [9.17, 15) is 0 Å². The number of unbranched alkanes of at least 4 members (excludes halogenated alkanes) is 5. The summed E-state index contributed by atoms with van der Waals surface area (Å²) in [4.78, 5) is 0. The molecule has 0 fully saturated rings. The highest BCUT2D eigenvalue weighted by Gasteiger charge is 1.97. The van der Waals surface area contributed by atoms with Crippen molar-refractivity contribution in [2.45, 2.75) is 58.8 Å². The summed E-state index contributed by atoms with van der Waals surface area (Å²) in [5.41, 5.74) is 4.09. The van der Waals surface area contributed by atoms with Crippen molar-refractivity contribution in [1.29, 1.82) is 0 Å². The second-order valence-electron chi connectivity index (χ2n) is 4.91. The molecule has 0 N–H and O–H groups in total. The van der Waals surface area contributed by atoms with Gasteiger partial charge in [-0.3, -0.25) is 0 Å². The maximum absolute atomic E-state index is 3.83. The molecule has 0 aromatic heterocycles. The Hall–Kier alpha value is -1.04. The zero-order valence-corrected chi connectivity index (χ0v) is 11.5. The third-order valence-corrected chi connectivity index (χ3v) is 3.37. The normalized spacial score (nSPS) is 10.5. The third kappa shape index (κ3) is 5.21. The first-order valence-corrected chi connectivity index (χ1v) is 7.00. The Kier molecular flexibility index (Phi) is 6.69. The molecule has 1 aromatic rings. The van der Waals surface area contributed by atoms with E-state index in [1.807, 2.05) is 6.08 Å². The summed E-state index contributed by atoms with van der Waals surface area (Å²) >= 11 is 0. The van der Waals surface area contributed by atoms with E-state index in [-0.39, 0.29) is 0 Å². The standard InChI is InChI=1S/C17H26/c1-4-6-7-8-9-10-11-16-12-13-17(5-2)15(3)14-16/h5,12-14H,2,4,6-11H2,1,3H3. The Balaban J connectivity index is 2.27. The molecule has 0 saturated heterocycles. The number of rotatable bonds is 8. The van der Waals surface area contributed by atoms with E-state index in [1.165, 1.54) is 61.6 Å². The van der Waals surface area contributed by atoms with Crippen molar-refractivity contribution in [3.8, 4) is 0 Å². The molecule has 0 saturated carbocycles. The van der Waals surface area contributed by atoms with E-state index in [0.717, 1.165) is 0 Å². The Morgan fingerprint density at radius 2 is 1.76 bits per heavy atom. The van der Waals surface area contributed by atoms with E-state index in [1.54, 1.807) is 0 Å². The van der Waals surface area contributed by atoms with E-state index in [0.29, 0.717) is 0 Å². The molecule has 0 heterocycles. The Labute approximate surface area is 107 Å². The van der Waals surface area contributed by atoms with Crippen molar-refractivity contribution in [3.63, 3.8) is 0 Å². The second kappa shape index (κ2) is 8.11. The van der Waals surface area contributed by atoms with Gasteiger partial charge < -0.3 is 0 Å². The lowest BCUT2D eigenvalue weighted by atomic mass is 10.0. The number of benzene rings is 1. The van der Waals surface area contributed by atoms with Gasteiger partial charge in [-0.15, -0.1) is 0 Å². The summed E-state index contributed by atoms with van der Waals surface area (Å²) in [5.74, 6) is 0. The number of aryl methyl sites for hydroxylation is 2. The van der Waals surface area contributed by atoms with Gasteiger partial charge in [0.05, 0.1) is 0 Å². The van der Waals surface area contributed by atoms with Gasteiger partial charge in [0.1, 0.15) is 0 Å². The fourth-order valence-corrected chi connectivity index (χ4v) is 2.23. The topological polar surface area (TPSA) is 0 Å². The molecule has 1 rings (SSSR count). The summed E-state index contributed by atoms with van der Waals surface area (Å²) in [5, 5.41) is 0. The molecule has 17 heavy (non-hydrogen) atoms. The quantitative estimate of drug-likeness (QED) is 0.514. The molecule has 0 aliphatic heterocycles. The Bertz CT molecular complexity index is 336. The van der Waals surface area contributed by atoms with Crippen LogP contribution >= 0.6 is 0 Å². The van der Waals surface area contributed by atoms with Crippen molar-refractivity contribution in [2.75, 3.05) is 0 Å². The van der Waals surface area contributed by atoms with E-state index in [4.69, 9.17) is 0 Å². The molecule has 0 aliphatic rings. The smallest absolute Gasteiger partial charge is 0.0233 e. The SMILES string of the molecule is C=Cc1ccc(CCCCCCCC)cc1C. The van der Waals surface area contributed by atoms with Crippen LogP contribution in [0.25, 0.3) is 6.08 Å². The van der Waals surface area contributed by atoms with Gasteiger partial charge in [0.25, 0.3) is 0 Å². The Morgan fingerprint density at radius 1 is 1.06 bits per heavy atom. The fourth-order valence-electron chi connectivity index (χ4n) is 2.23. The molecule has 0 heteroatoms. The zero-order chi connectivity index (χ0) is 12.5. The van der Waals surface area contributed by atoms with Crippen LogP contribution < -0.4 is 0 Å². The van der Waals surface area contributed by atoms with Gasteiger partial charge in [0.2, 0.25) is 0 Å². The molecule has 0 radical (unpaired) electrons. The van der Waals surface area contributed by atoms with Gasteiger partial charge in [-0.2, -0.15) is 0 Å². The summed E-state index contributed by atoms with van der Waals surface area (Å²) in [7, 11) is 0. The van der Waals surface area contributed by atoms with Gasteiger partial charge >= 0.3 is 0 Å². The van der Waals surface area contributed by atoms with Gasteiger partial charge in [-0.1, -0.05) is 69.9 Å². The van der Waals surface area contributed by atoms with Crippen LogP contribution in [0.4, 0.5) is 0 Å². The molecule has 0 aliphatic carbocycles. The van der Waals surface area contributed by atoms with Crippen LogP contribution in [0.15, 0.2) is 24.8 Å². The predicted octanol–water partition coefficient (Wildman–Crippen LogP) is 5.54. The molecule has 0 amide bonds. The van der Waals surface area contributed by atoms with Crippen LogP contribution in [-0.2, 0) is 6.42 Å². The van der Waals surface area contributed by atoms with E-state index < -0.39 is 0 Å². The summed E-state index contributed by atoms with van der Waals surface area (Å²) < 4.78 is 0. The molecule has 0 atom stereocenters. The number of hydrogen-bond acceptors (Lipinski definition) is 0. The fraction of sp³-hybridized carbons (Fsp3) is 0.529. The van der Waals surface area contributed by atoms with Crippen molar-refractivity contribution in [2.24, 2.45) is 0 Å². The molecule has 94 valence electrons. The molecule has 0 unspecified atom stereocenters. The van der Waals surface area contributed by atoms with Crippen molar-refractivity contribution in [3.05, 3.63) is 41.5 Å². The molecular formula is C17H26. The van der Waals surface area contributed by atoms with Crippen LogP contribution in [0.5, 0.6) is 0 Å². The van der Waals surface area contributed by atoms with Crippen LogP contribution in [0.1, 0.15) is 62.1 Å². The highest BCUT2D eigenvalue weighted by atomic mass is 14.0. The lowest BCUT2D eigenvalue weighted by molar-refractivity contribution is 0.607. The first kappa shape index (κ1) is 14.0. The highest BCUT2D eigenvalue weighted by Crippen LogP contribution is 2.15. The van der Waals surface area contributed by atoms with Crippen molar-refractivity contribution < 1.29 is 0 Å². The summed E-state index contributed by atoms with van der Waals surface area (Å²) in [6.45, 7) is 8.26. The highest BCUT2D eigenvalue weighted by molar-refractivity contribution is 5.52. The van der Waals surface area contributed by atoms with Crippen LogP contribution in [0.2, 0.25) is 0 Å². The van der Waals surface area contributed by atoms with Crippen LogP contribution in [0, 0.1) is 6.92 Å².